The third-order valence-corrected chi connectivity index (χ3v) is 5.25. The molecule has 0 spiro atoms. The Morgan fingerprint density at radius 3 is 1.89 bits per heavy atom. The van der Waals surface area contributed by atoms with Crippen molar-refractivity contribution in [2.45, 2.75) is 31.1 Å². The highest BCUT2D eigenvalue weighted by molar-refractivity contribution is 6.02. The van der Waals surface area contributed by atoms with E-state index in [-0.39, 0.29) is 17.0 Å². The van der Waals surface area contributed by atoms with Gasteiger partial charge in [0.25, 0.3) is 0 Å². The molecular formula is C22H23NO5. The van der Waals surface area contributed by atoms with E-state index in [1.807, 2.05) is 30.3 Å². The van der Waals surface area contributed by atoms with Gasteiger partial charge in [-0.05, 0) is 36.6 Å². The van der Waals surface area contributed by atoms with E-state index in [0.717, 1.165) is 31.2 Å². The zero-order valence-corrected chi connectivity index (χ0v) is 16.0. The van der Waals surface area contributed by atoms with Crippen LogP contribution in [0, 0.1) is 0 Å². The van der Waals surface area contributed by atoms with Gasteiger partial charge < -0.3 is 14.8 Å². The molecule has 0 atom stereocenters. The topological polar surface area (TPSA) is 81.7 Å². The third-order valence-electron chi connectivity index (χ3n) is 5.25. The van der Waals surface area contributed by atoms with Crippen molar-refractivity contribution < 1.29 is 23.9 Å². The minimum atomic E-state index is -0.617. The number of carbonyl (C=O) groups excluding carboxylic acids is 3. The van der Waals surface area contributed by atoms with Gasteiger partial charge in [-0.2, -0.15) is 0 Å². The third kappa shape index (κ3) is 3.76. The molecule has 0 unspecified atom stereocenters. The lowest BCUT2D eigenvalue weighted by Gasteiger charge is -2.28. The van der Waals surface area contributed by atoms with Crippen LogP contribution in [0.4, 0.5) is 5.69 Å². The van der Waals surface area contributed by atoms with E-state index in [4.69, 9.17) is 9.47 Å². The second kappa shape index (κ2) is 8.25. The maximum atomic E-state index is 13.3. The molecule has 0 aliphatic heterocycles. The Morgan fingerprint density at radius 1 is 0.857 bits per heavy atom. The van der Waals surface area contributed by atoms with Crippen LogP contribution < -0.4 is 5.32 Å². The number of rotatable bonds is 5. The minimum Gasteiger partial charge on any atom is -0.465 e. The van der Waals surface area contributed by atoms with Crippen molar-refractivity contribution in [3.8, 4) is 0 Å². The predicted molar refractivity (Wildman–Crippen MR) is 104 cm³/mol. The monoisotopic (exact) mass is 381 g/mol. The highest BCUT2D eigenvalue weighted by atomic mass is 16.5. The highest BCUT2D eigenvalue weighted by Crippen LogP contribution is 2.42. The van der Waals surface area contributed by atoms with Gasteiger partial charge in [-0.1, -0.05) is 43.2 Å². The second-order valence-corrected chi connectivity index (χ2v) is 6.89. The van der Waals surface area contributed by atoms with E-state index in [1.165, 1.54) is 32.4 Å². The molecule has 2 aromatic carbocycles. The Morgan fingerprint density at radius 2 is 1.39 bits per heavy atom. The number of nitrogens with one attached hydrogen (secondary N) is 1. The molecule has 1 aliphatic rings. The molecule has 6 nitrogen and oxygen atoms in total. The van der Waals surface area contributed by atoms with Gasteiger partial charge in [-0.25, -0.2) is 9.59 Å². The molecule has 2 aromatic rings. The van der Waals surface area contributed by atoms with Crippen molar-refractivity contribution in [3.63, 3.8) is 0 Å². The molecule has 0 heterocycles. The van der Waals surface area contributed by atoms with Crippen LogP contribution in [-0.4, -0.2) is 32.1 Å². The fraction of sp³-hybridized carbons (Fsp3) is 0.318. The summed E-state index contributed by atoms with van der Waals surface area (Å²) < 4.78 is 9.50. The molecule has 1 N–H and O–H groups in total. The summed E-state index contributed by atoms with van der Waals surface area (Å²) in [6, 6.07) is 14.1. The number of benzene rings is 2. The zero-order chi connectivity index (χ0) is 20.1. The van der Waals surface area contributed by atoms with E-state index < -0.39 is 17.4 Å². The molecule has 0 radical (unpaired) electrons. The van der Waals surface area contributed by atoms with E-state index >= 15 is 0 Å². The van der Waals surface area contributed by atoms with Crippen LogP contribution in [0.15, 0.2) is 48.5 Å². The molecule has 0 aromatic heterocycles. The second-order valence-electron chi connectivity index (χ2n) is 6.89. The first kappa shape index (κ1) is 19.6. The summed E-state index contributed by atoms with van der Waals surface area (Å²) in [4.78, 5) is 37.2. The van der Waals surface area contributed by atoms with Crippen LogP contribution in [0.1, 0.15) is 52.0 Å². The van der Waals surface area contributed by atoms with Crippen LogP contribution in [0.5, 0.6) is 0 Å². The summed E-state index contributed by atoms with van der Waals surface area (Å²) >= 11 is 0. The quantitative estimate of drug-likeness (QED) is 0.799. The summed E-state index contributed by atoms with van der Waals surface area (Å²) in [6.07, 6.45) is 3.45. The molecule has 1 amide bonds. The van der Waals surface area contributed by atoms with Crippen LogP contribution in [0.2, 0.25) is 0 Å². The minimum absolute atomic E-state index is 0.144. The summed E-state index contributed by atoms with van der Waals surface area (Å²) in [5.41, 5.74) is 1.05. The van der Waals surface area contributed by atoms with Crippen LogP contribution in [-0.2, 0) is 19.7 Å². The fourth-order valence-corrected chi connectivity index (χ4v) is 3.80. The first-order chi connectivity index (χ1) is 13.5. The van der Waals surface area contributed by atoms with E-state index in [0.29, 0.717) is 5.69 Å². The molecule has 3 rings (SSSR count). The highest BCUT2D eigenvalue weighted by Gasteiger charge is 2.42. The Kier molecular flexibility index (Phi) is 5.78. The van der Waals surface area contributed by atoms with Crippen molar-refractivity contribution in [1.82, 2.24) is 0 Å². The van der Waals surface area contributed by atoms with Crippen molar-refractivity contribution >= 4 is 23.5 Å². The van der Waals surface area contributed by atoms with Gasteiger partial charge in [-0.15, -0.1) is 0 Å². The normalized spacial score (nSPS) is 14.9. The van der Waals surface area contributed by atoms with E-state index in [9.17, 15) is 14.4 Å². The van der Waals surface area contributed by atoms with Crippen molar-refractivity contribution in [1.29, 1.82) is 0 Å². The van der Waals surface area contributed by atoms with Crippen molar-refractivity contribution in [3.05, 3.63) is 65.2 Å². The molecule has 1 fully saturated rings. The first-order valence-corrected chi connectivity index (χ1v) is 9.19. The largest absolute Gasteiger partial charge is 0.465 e. The van der Waals surface area contributed by atoms with Gasteiger partial charge in [0.2, 0.25) is 5.91 Å². The summed E-state index contributed by atoms with van der Waals surface area (Å²) in [5, 5.41) is 2.91. The Bertz CT molecular complexity index is 851. The van der Waals surface area contributed by atoms with E-state index in [1.54, 1.807) is 0 Å². The molecule has 0 saturated heterocycles. The molecule has 6 heteroatoms. The van der Waals surface area contributed by atoms with Crippen LogP contribution in [0.3, 0.4) is 0 Å². The Balaban J connectivity index is 1.96. The van der Waals surface area contributed by atoms with Gasteiger partial charge in [0.05, 0.1) is 30.8 Å². The average Bonchev–Trinajstić information content (AvgIpc) is 3.24. The predicted octanol–water partition coefficient (Wildman–Crippen LogP) is 3.71. The summed E-state index contributed by atoms with van der Waals surface area (Å²) in [5.74, 6) is -1.34. The molecule has 1 aliphatic carbocycles. The zero-order valence-electron chi connectivity index (χ0n) is 16.0. The number of amides is 1. The lowest BCUT2D eigenvalue weighted by Crippen LogP contribution is -2.38. The smallest absolute Gasteiger partial charge is 0.337 e. The molecule has 1 saturated carbocycles. The maximum absolute atomic E-state index is 13.3. The number of hydrogen-bond donors (Lipinski definition) is 1. The average molecular weight is 381 g/mol. The van der Waals surface area contributed by atoms with Gasteiger partial charge >= 0.3 is 11.9 Å². The lowest BCUT2D eigenvalue weighted by molar-refractivity contribution is -0.121. The molecule has 28 heavy (non-hydrogen) atoms. The SMILES string of the molecule is COC(=O)c1cc(NC(=O)C2(c3ccccc3)CCCC2)cc(C(=O)OC)c1. The number of methoxy groups -OCH3 is 2. The van der Waals surface area contributed by atoms with Crippen molar-refractivity contribution in [2.24, 2.45) is 0 Å². The molecule has 146 valence electrons. The van der Waals surface area contributed by atoms with Crippen LogP contribution >= 0.6 is 0 Å². The van der Waals surface area contributed by atoms with Gasteiger partial charge in [0, 0.05) is 5.69 Å². The molecule has 0 bridgehead atoms. The first-order valence-electron chi connectivity index (χ1n) is 9.19. The molecular weight excluding hydrogens is 358 g/mol. The maximum Gasteiger partial charge on any atom is 0.337 e. The fourth-order valence-electron chi connectivity index (χ4n) is 3.80. The summed E-state index contributed by atoms with van der Waals surface area (Å²) in [7, 11) is 2.52. The summed E-state index contributed by atoms with van der Waals surface area (Å²) in [6.45, 7) is 0. The van der Waals surface area contributed by atoms with Gasteiger partial charge in [-0.3, -0.25) is 4.79 Å². The van der Waals surface area contributed by atoms with Gasteiger partial charge in [0.15, 0.2) is 0 Å². The number of anilines is 1. The number of carbonyl (C=O) groups is 3. The number of esters is 2. The standard InChI is InChI=1S/C22H23NO5/c1-27-19(24)15-12-16(20(25)28-2)14-18(13-15)23-21(26)22(10-6-7-11-22)17-8-4-3-5-9-17/h3-5,8-9,12-14H,6-7,10-11H2,1-2H3,(H,23,26). The lowest BCUT2D eigenvalue weighted by atomic mass is 9.78. The van der Waals surface area contributed by atoms with Crippen molar-refractivity contribution in [2.75, 3.05) is 19.5 Å². The Labute approximate surface area is 163 Å². The van der Waals surface area contributed by atoms with E-state index in [2.05, 4.69) is 5.32 Å². The van der Waals surface area contributed by atoms with Crippen LogP contribution in [0.25, 0.3) is 0 Å². The Hall–Kier alpha value is -3.15. The number of hydrogen-bond acceptors (Lipinski definition) is 5. The number of ether oxygens (including phenoxy) is 2. The van der Waals surface area contributed by atoms with Gasteiger partial charge in [0.1, 0.15) is 0 Å².